The first-order valence-electron chi connectivity index (χ1n) is 11.2. The number of anilines is 1. The number of ether oxygens (including phenoxy) is 1. The van der Waals surface area contributed by atoms with Crippen molar-refractivity contribution in [1.82, 2.24) is 30.1 Å². The van der Waals surface area contributed by atoms with Gasteiger partial charge in [0.1, 0.15) is 11.4 Å². The summed E-state index contributed by atoms with van der Waals surface area (Å²) < 4.78 is 13.2. The molecule has 3 aromatic heterocycles. The monoisotopic (exact) mass is 425 g/mol. The number of aryl methyl sites for hydroxylation is 1. The van der Waals surface area contributed by atoms with E-state index in [2.05, 4.69) is 44.6 Å². The maximum atomic E-state index is 6.08. The largest absolute Gasteiger partial charge is 0.489 e. The molecular weight excluding hydrogens is 394 g/mol. The second-order valence-electron chi connectivity index (χ2n) is 8.35. The molecule has 166 valence electrons. The van der Waals surface area contributed by atoms with Crippen molar-refractivity contribution >= 4 is 5.95 Å². The fourth-order valence-electron chi connectivity index (χ4n) is 3.75. The van der Waals surface area contributed by atoms with E-state index < -0.39 is 0 Å². The van der Waals surface area contributed by atoms with E-state index >= 15 is 0 Å². The third kappa shape index (κ3) is 5.39. The van der Waals surface area contributed by atoms with Crippen LogP contribution in [0.25, 0.3) is 11.4 Å². The number of rotatable bonds is 9. The Hall–Kier alpha value is -2.97. The summed E-state index contributed by atoms with van der Waals surface area (Å²) in [6.45, 7) is 4.78. The molecule has 1 atom stereocenters. The van der Waals surface area contributed by atoms with Gasteiger partial charge < -0.3 is 14.6 Å². The zero-order valence-corrected chi connectivity index (χ0v) is 18.5. The molecular formula is C22H31N7O2. The van der Waals surface area contributed by atoms with Crippen LogP contribution >= 0.6 is 0 Å². The summed E-state index contributed by atoms with van der Waals surface area (Å²) >= 11 is 0. The van der Waals surface area contributed by atoms with E-state index in [1.165, 1.54) is 19.3 Å². The van der Waals surface area contributed by atoms with Gasteiger partial charge >= 0.3 is 0 Å². The van der Waals surface area contributed by atoms with Gasteiger partial charge in [0.15, 0.2) is 0 Å². The van der Waals surface area contributed by atoms with E-state index in [0.29, 0.717) is 30.4 Å². The fraction of sp³-hybridized carbons (Fsp3) is 0.591. The lowest BCUT2D eigenvalue weighted by molar-refractivity contribution is 0.154. The minimum atomic E-state index is 0.304. The molecule has 9 heteroatoms. The smallest absolute Gasteiger partial charge is 0.263 e. The van der Waals surface area contributed by atoms with Gasteiger partial charge in [-0.1, -0.05) is 31.9 Å². The van der Waals surface area contributed by atoms with Gasteiger partial charge in [-0.25, -0.2) is 4.68 Å². The Bertz CT molecular complexity index is 961. The predicted octanol–water partition coefficient (Wildman–Crippen LogP) is 4.17. The highest BCUT2D eigenvalue weighted by molar-refractivity contribution is 5.57. The highest BCUT2D eigenvalue weighted by Crippen LogP contribution is 2.25. The minimum Gasteiger partial charge on any atom is -0.489 e. The molecule has 31 heavy (non-hydrogen) atoms. The van der Waals surface area contributed by atoms with E-state index in [1.807, 2.05) is 19.2 Å². The summed E-state index contributed by atoms with van der Waals surface area (Å²) in [5.74, 6) is 2.43. The quantitative estimate of drug-likeness (QED) is 0.545. The van der Waals surface area contributed by atoms with Gasteiger partial charge in [-0.05, 0) is 48.9 Å². The van der Waals surface area contributed by atoms with Crippen LogP contribution in [-0.4, -0.2) is 36.2 Å². The summed E-state index contributed by atoms with van der Waals surface area (Å²) in [5.41, 5.74) is 2.37. The first-order chi connectivity index (χ1) is 15.1. The molecule has 0 radical (unpaired) electrons. The highest BCUT2D eigenvalue weighted by atomic mass is 16.5. The highest BCUT2D eigenvalue weighted by Gasteiger charge is 2.18. The lowest BCUT2D eigenvalue weighted by Gasteiger charge is -2.22. The lowest BCUT2D eigenvalue weighted by atomic mass is 9.98. The third-order valence-electron chi connectivity index (χ3n) is 5.88. The Morgan fingerprint density at radius 3 is 2.84 bits per heavy atom. The van der Waals surface area contributed by atoms with E-state index in [4.69, 9.17) is 9.26 Å². The van der Waals surface area contributed by atoms with Crippen molar-refractivity contribution in [2.45, 2.75) is 71.4 Å². The molecule has 1 fully saturated rings. The van der Waals surface area contributed by atoms with Crippen LogP contribution in [0, 0.1) is 5.92 Å². The topological polar surface area (TPSA) is 104 Å². The van der Waals surface area contributed by atoms with E-state index in [0.717, 1.165) is 48.5 Å². The van der Waals surface area contributed by atoms with Crippen LogP contribution in [-0.2, 0) is 20.0 Å². The maximum Gasteiger partial charge on any atom is 0.263 e. The normalized spacial score (nSPS) is 15.7. The second-order valence-corrected chi connectivity index (χ2v) is 8.35. The standard InChI is InChI=1S/C22H31N7O2/c1-4-15(2)12-20-25-22(27-31-20)24-14-19-21(26-28-29(19)3)18-11-10-17(13-23-18)30-16-8-6-5-7-9-16/h10-11,13,15-16H,4-9,12,14H2,1-3H3,(H,24,27). The molecule has 0 aromatic carbocycles. The molecule has 0 saturated heterocycles. The molecule has 0 amide bonds. The summed E-state index contributed by atoms with van der Waals surface area (Å²) in [4.78, 5) is 9.00. The van der Waals surface area contributed by atoms with Crippen LogP contribution in [0.4, 0.5) is 5.95 Å². The molecule has 1 aliphatic rings. The molecule has 0 spiro atoms. The number of hydrogen-bond acceptors (Lipinski definition) is 8. The van der Waals surface area contributed by atoms with Gasteiger partial charge in [0, 0.05) is 13.5 Å². The van der Waals surface area contributed by atoms with Gasteiger partial charge in [0.25, 0.3) is 5.95 Å². The Kier molecular flexibility index (Phi) is 6.79. The average Bonchev–Trinajstić information content (AvgIpc) is 3.39. The van der Waals surface area contributed by atoms with Crippen molar-refractivity contribution in [2.75, 3.05) is 5.32 Å². The summed E-state index contributed by atoms with van der Waals surface area (Å²) in [7, 11) is 1.86. The molecule has 0 aliphatic heterocycles. The molecule has 3 heterocycles. The first kappa shape index (κ1) is 21.3. The molecule has 1 N–H and O–H groups in total. The Labute approximate surface area is 182 Å². The van der Waals surface area contributed by atoms with Crippen LogP contribution in [0.15, 0.2) is 22.9 Å². The summed E-state index contributed by atoms with van der Waals surface area (Å²) in [6, 6.07) is 3.90. The van der Waals surface area contributed by atoms with E-state index in [1.54, 1.807) is 10.9 Å². The Balaban J connectivity index is 1.40. The van der Waals surface area contributed by atoms with Crippen molar-refractivity contribution in [1.29, 1.82) is 0 Å². The van der Waals surface area contributed by atoms with Crippen molar-refractivity contribution < 1.29 is 9.26 Å². The summed E-state index contributed by atoms with van der Waals surface area (Å²) in [6.07, 6.45) is 9.97. The van der Waals surface area contributed by atoms with Crippen molar-refractivity contribution in [3.8, 4) is 17.1 Å². The van der Waals surface area contributed by atoms with E-state index in [9.17, 15) is 0 Å². The van der Waals surface area contributed by atoms with Gasteiger partial charge in [-0.3, -0.25) is 4.98 Å². The Morgan fingerprint density at radius 1 is 1.26 bits per heavy atom. The predicted molar refractivity (Wildman–Crippen MR) is 117 cm³/mol. The number of nitrogens with zero attached hydrogens (tertiary/aromatic N) is 6. The molecule has 3 aromatic rings. The average molecular weight is 426 g/mol. The lowest BCUT2D eigenvalue weighted by Crippen LogP contribution is -2.19. The fourth-order valence-corrected chi connectivity index (χ4v) is 3.75. The molecule has 1 saturated carbocycles. The van der Waals surface area contributed by atoms with Crippen LogP contribution < -0.4 is 10.1 Å². The van der Waals surface area contributed by atoms with Gasteiger partial charge in [-0.2, -0.15) is 4.98 Å². The SMILES string of the molecule is CCC(C)Cc1nc(NCc2c(-c3ccc(OC4CCCCC4)cn3)nnn2C)no1. The second kappa shape index (κ2) is 9.89. The number of pyridine rings is 1. The van der Waals surface area contributed by atoms with Crippen LogP contribution in [0.3, 0.4) is 0 Å². The molecule has 1 unspecified atom stereocenters. The minimum absolute atomic E-state index is 0.304. The third-order valence-corrected chi connectivity index (χ3v) is 5.88. The van der Waals surface area contributed by atoms with Crippen LogP contribution in [0.2, 0.25) is 0 Å². The van der Waals surface area contributed by atoms with Crippen LogP contribution in [0.1, 0.15) is 64.0 Å². The number of hydrogen-bond donors (Lipinski definition) is 1. The van der Waals surface area contributed by atoms with Crippen molar-refractivity contribution in [3.05, 3.63) is 29.9 Å². The summed E-state index contributed by atoms with van der Waals surface area (Å²) in [5, 5.41) is 15.7. The maximum absolute atomic E-state index is 6.08. The first-order valence-corrected chi connectivity index (χ1v) is 11.2. The Morgan fingerprint density at radius 2 is 2.10 bits per heavy atom. The van der Waals surface area contributed by atoms with Crippen molar-refractivity contribution in [2.24, 2.45) is 13.0 Å². The molecule has 0 bridgehead atoms. The zero-order valence-electron chi connectivity index (χ0n) is 18.5. The van der Waals surface area contributed by atoms with Crippen LogP contribution in [0.5, 0.6) is 5.75 Å². The van der Waals surface area contributed by atoms with E-state index in [-0.39, 0.29) is 0 Å². The molecule has 9 nitrogen and oxygen atoms in total. The van der Waals surface area contributed by atoms with Gasteiger partial charge in [0.05, 0.1) is 30.2 Å². The van der Waals surface area contributed by atoms with Gasteiger partial charge in [-0.15, -0.1) is 5.10 Å². The zero-order chi connectivity index (χ0) is 21.6. The van der Waals surface area contributed by atoms with Gasteiger partial charge in [0.2, 0.25) is 5.89 Å². The number of aromatic nitrogens is 6. The number of nitrogens with one attached hydrogen (secondary N) is 1. The molecule has 1 aliphatic carbocycles. The van der Waals surface area contributed by atoms with Crippen molar-refractivity contribution in [3.63, 3.8) is 0 Å². The molecule has 4 rings (SSSR count).